The minimum Gasteiger partial charge on any atom is -0.479 e. The average molecular weight is 1070 g/mol. The maximum absolute atomic E-state index is 12.4. The van der Waals surface area contributed by atoms with Crippen molar-refractivity contribution in [2.75, 3.05) is 33.0 Å². The fraction of sp³-hybridized carbons (Fsp3) is 0.925. The SMILES string of the molecule is CC(=O)N[C@H]1[C@H](OC[C@@H](O)[C@H](O)[C@H](O[C@@H]2O[C@H](CO)[C@H](O)[C@H](O[C@@H]3O[C@H](CO)[C@H](O)[C@H](O[C@@H]4O[C@H](C(=O)O)[C@@H](O)[C@H](O)[C@H]4O)[C@H]3O)[C@H]2O[C@@H]2O[C@@H](C)[C@@H](O)[C@@H](O)[C@@H]2O)[C@H](CO)NC(C)=O)O[C@H](CO)[C@@H](O)[C@@H]1O. The van der Waals surface area contributed by atoms with Gasteiger partial charge in [-0.1, -0.05) is 0 Å². The number of aliphatic hydroxyl groups excluding tert-OH is 17. The summed E-state index contributed by atoms with van der Waals surface area (Å²) in [6.07, 6.45) is -55.4. The Bertz CT molecular complexity index is 1760. The van der Waals surface area contributed by atoms with Crippen LogP contribution in [0.3, 0.4) is 0 Å². The summed E-state index contributed by atoms with van der Waals surface area (Å²) in [5.74, 6) is -3.45. The maximum Gasteiger partial charge on any atom is 0.335 e. The highest BCUT2D eigenvalue weighted by molar-refractivity contribution is 5.74. The largest absolute Gasteiger partial charge is 0.479 e. The maximum atomic E-state index is 12.4. The van der Waals surface area contributed by atoms with Crippen molar-refractivity contribution in [1.29, 1.82) is 0 Å². The molecule has 73 heavy (non-hydrogen) atoms. The molecule has 0 radical (unpaired) electrons. The predicted octanol–water partition coefficient (Wildman–Crippen LogP) is -13.1. The molecule has 0 aromatic rings. The van der Waals surface area contributed by atoms with Crippen LogP contribution in [0.2, 0.25) is 0 Å². The van der Waals surface area contributed by atoms with Crippen LogP contribution in [0.1, 0.15) is 20.8 Å². The van der Waals surface area contributed by atoms with Gasteiger partial charge in [-0.05, 0) is 6.92 Å². The highest BCUT2D eigenvalue weighted by Gasteiger charge is 2.57. The molecule has 0 spiro atoms. The van der Waals surface area contributed by atoms with Crippen LogP contribution in [0, 0.1) is 0 Å². The first kappa shape index (κ1) is 61.2. The molecule has 2 amide bonds. The number of amides is 2. The number of carbonyl (C=O) groups excluding carboxylic acids is 2. The van der Waals surface area contributed by atoms with Gasteiger partial charge in [0.25, 0.3) is 0 Å². The zero-order valence-electron chi connectivity index (χ0n) is 39.1. The number of carboxylic acid groups (broad SMARTS) is 1. The van der Waals surface area contributed by atoms with Gasteiger partial charge in [0, 0.05) is 13.8 Å². The Morgan fingerprint density at radius 3 is 1.58 bits per heavy atom. The van der Waals surface area contributed by atoms with E-state index >= 15 is 0 Å². The molecule has 5 fully saturated rings. The molecule has 29 atom stereocenters. The normalized spacial score (nSPS) is 45.1. The van der Waals surface area contributed by atoms with E-state index in [0.29, 0.717) is 0 Å². The minimum atomic E-state index is -2.37. The van der Waals surface area contributed by atoms with E-state index in [-0.39, 0.29) is 0 Å². The van der Waals surface area contributed by atoms with Crippen molar-refractivity contribution in [3.05, 3.63) is 0 Å². The fourth-order valence-corrected chi connectivity index (χ4v) is 8.72. The molecule has 33 nitrogen and oxygen atoms in total. The summed E-state index contributed by atoms with van der Waals surface area (Å²) in [5, 5.41) is 197. The van der Waals surface area contributed by atoms with Gasteiger partial charge in [-0.2, -0.15) is 0 Å². The molecule has 0 aromatic heterocycles. The molecular formula is C40H68N2O31. The molecule has 33 heteroatoms. The monoisotopic (exact) mass is 1070 g/mol. The molecule has 424 valence electrons. The van der Waals surface area contributed by atoms with Gasteiger partial charge in [0.1, 0.15) is 128 Å². The number of hydrogen-bond acceptors (Lipinski definition) is 30. The van der Waals surface area contributed by atoms with Gasteiger partial charge in [0.05, 0.1) is 45.2 Å². The molecule has 5 rings (SSSR count). The molecular weight excluding hydrogens is 1000 g/mol. The zero-order chi connectivity index (χ0) is 54.5. The lowest BCUT2D eigenvalue weighted by Crippen LogP contribution is -2.69. The van der Waals surface area contributed by atoms with Gasteiger partial charge in [-0.15, -0.1) is 0 Å². The number of nitrogens with one attached hydrogen (secondary N) is 2. The number of ether oxygens (including phenoxy) is 10. The van der Waals surface area contributed by atoms with E-state index in [1.54, 1.807) is 0 Å². The summed E-state index contributed by atoms with van der Waals surface area (Å²) in [6.45, 7) is -1.99. The van der Waals surface area contributed by atoms with Crippen molar-refractivity contribution < 1.29 is 154 Å². The third kappa shape index (κ3) is 13.9. The van der Waals surface area contributed by atoms with Crippen LogP contribution in [-0.4, -0.2) is 321 Å². The van der Waals surface area contributed by atoms with E-state index in [9.17, 15) is 106 Å². The number of aliphatic carboxylic acids is 1. The molecule has 5 heterocycles. The third-order valence-corrected chi connectivity index (χ3v) is 12.8. The second-order valence-corrected chi connectivity index (χ2v) is 18.1. The van der Waals surface area contributed by atoms with Crippen molar-refractivity contribution in [3.8, 4) is 0 Å². The summed E-state index contributed by atoms with van der Waals surface area (Å²) in [6, 6.07) is -3.30. The lowest BCUT2D eigenvalue weighted by atomic mass is 9.95. The van der Waals surface area contributed by atoms with E-state index in [1.165, 1.54) is 6.92 Å². The van der Waals surface area contributed by atoms with E-state index in [4.69, 9.17) is 47.4 Å². The number of aliphatic hydroxyl groups is 17. The van der Waals surface area contributed by atoms with Crippen LogP contribution in [0.5, 0.6) is 0 Å². The van der Waals surface area contributed by atoms with Gasteiger partial charge in [-0.25, -0.2) is 4.79 Å². The predicted molar refractivity (Wildman–Crippen MR) is 224 cm³/mol. The Balaban J connectivity index is 1.51. The summed E-state index contributed by atoms with van der Waals surface area (Å²) in [5.41, 5.74) is 0. The molecule has 0 saturated carbocycles. The smallest absolute Gasteiger partial charge is 0.335 e. The first-order chi connectivity index (χ1) is 34.3. The van der Waals surface area contributed by atoms with Gasteiger partial charge in [-0.3, -0.25) is 9.59 Å². The van der Waals surface area contributed by atoms with Crippen LogP contribution < -0.4 is 10.6 Å². The topological polar surface area (TPSA) is 532 Å². The molecule has 5 saturated heterocycles. The molecule has 5 aliphatic heterocycles. The average Bonchev–Trinajstić information content (AvgIpc) is 3.34. The molecule has 0 aliphatic carbocycles. The standard InChI is InChI=1S/C40H68N2O31/c1-9-18(50)24(56)27(59)37(65-9)73-34-32(71-39-29(61)31(21(53)15(6-45)67-39)70-38-28(60)25(57)26(58)33(72-38)35(62)63)22(54)16(7-46)68-40(34)69-30(12(4-43)41-10(2)47)19(51)13(49)8-64-36-17(42-11(3)48)23(55)20(52)14(5-44)66-36/h9,12-34,36-40,43-46,49-61H,4-8H2,1-3H3,(H,41,47)(H,42,48)(H,62,63)/t9-,12-,13+,14+,15+,16+,17+,18+,19-,20+,21-,22-,23+,24+,25-,26-,27-,28+,29+,30+,31-,32-,33-,34+,36+,37-,38+,39-,40-/m0/s1. The van der Waals surface area contributed by atoms with Crippen LogP contribution in [0.4, 0.5) is 0 Å². The lowest BCUT2D eigenvalue weighted by Gasteiger charge is -2.50. The molecule has 5 aliphatic rings. The quantitative estimate of drug-likeness (QED) is 0.0507. The Hall–Kier alpha value is -2.67. The summed E-state index contributed by atoms with van der Waals surface area (Å²) < 4.78 is 56.9. The first-order valence-corrected chi connectivity index (χ1v) is 22.9. The Kier molecular flexibility index (Phi) is 22.3. The first-order valence-electron chi connectivity index (χ1n) is 22.9. The van der Waals surface area contributed by atoms with E-state index in [0.717, 1.165) is 13.8 Å². The van der Waals surface area contributed by atoms with Crippen LogP contribution >= 0.6 is 0 Å². The number of carbonyl (C=O) groups is 3. The van der Waals surface area contributed by atoms with E-state index in [1.807, 2.05) is 0 Å². The second kappa shape index (κ2) is 26.6. The molecule has 0 unspecified atom stereocenters. The summed E-state index contributed by atoms with van der Waals surface area (Å²) in [7, 11) is 0. The zero-order valence-corrected chi connectivity index (χ0v) is 39.1. The van der Waals surface area contributed by atoms with Gasteiger partial charge < -0.3 is 150 Å². The second-order valence-electron chi connectivity index (χ2n) is 18.1. The van der Waals surface area contributed by atoms with Gasteiger partial charge in [0.2, 0.25) is 11.8 Å². The van der Waals surface area contributed by atoms with Crippen molar-refractivity contribution in [2.45, 2.75) is 199 Å². The van der Waals surface area contributed by atoms with Crippen LogP contribution in [0.15, 0.2) is 0 Å². The highest BCUT2D eigenvalue weighted by atomic mass is 16.8. The lowest BCUT2D eigenvalue weighted by molar-refractivity contribution is -0.402. The van der Waals surface area contributed by atoms with Crippen molar-refractivity contribution in [3.63, 3.8) is 0 Å². The number of rotatable bonds is 21. The van der Waals surface area contributed by atoms with Gasteiger partial charge >= 0.3 is 5.97 Å². The number of hydrogen-bond donors (Lipinski definition) is 20. The Labute approximate surface area is 413 Å². The third-order valence-electron chi connectivity index (χ3n) is 12.8. The summed E-state index contributed by atoms with van der Waals surface area (Å²) in [4.78, 5) is 36.2. The fourth-order valence-electron chi connectivity index (χ4n) is 8.72. The van der Waals surface area contributed by atoms with Crippen molar-refractivity contribution in [1.82, 2.24) is 10.6 Å². The van der Waals surface area contributed by atoms with Crippen LogP contribution in [-0.2, 0) is 61.8 Å². The number of carboxylic acids is 1. The van der Waals surface area contributed by atoms with E-state index < -0.39 is 229 Å². The van der Waals surface area contributed by atoms with Gasteiger partial charge in [0.15, 0.2) is 37.6 Å². The highest BCUT2D eigenvalue weighted by Crippen LogP contribution is 2.36. The van der Waals surface area contributed by atoms with Crippen molar-refractivity contribution in [2.24, 2.45) is 0 Å². The molecule has 20 N–H and O–H groups in total. The minimum absolute atomic E-state index is 0.745. The summed E-state index contributed by atoms with van der Waals surface area (Å²) >= 11 is 0. The Morgan fingerprint density at radius 2 is 1.03 bits per heavy atom. The molecule has 0 bridgehead atoms. The van der Waals surface area contributed by atoms with E-state index in [2.05, 4.69) is 10.6 Å². The van der Waals surface area contributed by atoms with Crippen LogP contribution in [0.25, 0.3) is 0 Å². The molecule has 0 aromatic carbocycles. The van der Waals surface area contributed by atoms with Crippen molar-refractivity contribution >= 4 is 17.8 Å². The Morgan fingerprint density at radius 1 is 0.534 bits per heavy atom.